The van der Waals surface area contributed by atoms with Crippen molar-refractivity contribution < 1.29 is 9.53 Å². The number of rotatable bonds is 6. The van der Waals surface area contributed by atoms with E-state index in [0.29, 0.717) is 18.7 Å². The predicted octanol–water partition coefficient (Wildman–Crippen LogP) is 3.47. The number of hydrogen-bond acceptors (Lipinski definition) is 5. The van der Waals surface area contributed by atoms with Crippen LogP contribution in [0.2, 0.25) is 0 Å². The number of pyridine rings is 1. The third-order valence-electron chi connectivity index (χ3n) is 5.84. The number of aromatic nitrogens is 3. The molecule has 1 aliphatic rings. The van der Waals surface area contributed by atoms with E-state index in [4.69, 9.17) is 9.72 Å². The van der Waals surface area contributed by atoms with Crippen LogP contribution < -0.4 is 0 Å². The van der Waals surface area contributed by atoms with E-state index < -0.39 is 0 Å². The van der Waals surface area contributed by atoms with E-state index in [-0.39, 0.29) is 11.9 Å². The maximum Gasteiger partial charge on any atom is 0.254 e. The maximum atomic E-state index is 13.7. The molecule has 1 amide bonds. The van der Waals surface area contributed by atoms with E-state index in [1.54, 1.807) is 13.3 Å². The largest absolute Gasteiger partial charge is 0.383 e. The summed E-state index contributed by atoms with van der Waals surface area (Å²) in [6, 6.07) is 12.1. The van der Waals surface area contributed by atoms with Crippen molar-refractivity contribution in [3.8, 4) is 11.3 Å². The molecule has 0 N–H and O–H groups in total. The van der Waals surface area contributed by atoms with Crippen LogP contribution >= 0.6 is 0 Å². The van der Waals surface area contributed by atoms with Crippen LogP contribution in [0, 0.1) is 0 Å². The molecule has 31 heavy (non-hydrogen) atoms. The number of benzene rings is 1. The molecule has 1 aliphatic heterocycles. The molecule has 0 aliphatic carbocycles. The normalized spacial score (nSPS) is 15.5. The lowest BCUT2D eigenvalue weighted by molar-refractivity contribution is 0.0761. The Balaban J connectivity index is 1.70. The molecular formula is C24H31N5O2. The molecule has 0 bridgehead atoms. The topological polar surface area (TPSA) is 63.5 Å². The van der Waals surface area contributed by atoms with Crippen LogP contribution in [0.25, 0.3) is 22.3 Å². The van der Waals surface area contributed by atoms with Gasteiger partial charge in [0.1, 0.15) is 0 Å². The maximum absolute atomic E-state index is 13.7. The molecule has 1 saturated heterocycles. The lowest BCUT2D eigenvalue weighted by atomic mass is 10.1. The monoisotopic (exact) mass is 421 g/mol. The van der Waals surface area contributed by atoms with Crippen molar-refractivity contribution in [1.82, 2.24) is 24.6 Å². The molecule has 0 unspecified atom stereocenters. The highest BCUT2D eigenvalue weighted by atomic mass is 16.5. The Morgan fingerprint density at radius 2 is 1.94 bits per heavy atom. The van der Waals surface area contributed by atoms with Gasteiger partial charge >= 0.3 is 0 Å². The second-order valence-electron chi connectivity index (χ2n) is 8.32. The number of carbonyl (C=O) groups excluding carboxylic acids is 1. The first-order chi connectivity index (χ1) is 15.1. The molecule has 0 atom stereocenters. The third-order valence-corrected chi connectivity index (χ3v) is 5.84. The second kappa shape index (κ2) is 9.58. The predicted molar refractivity (Wildman–Crippen MR) is 122 cm³/mol. The van der Waals surface area contributed by atoms with Crippen LogP contribution in [0.5, 0.6) is 0 Å². The zero-order valence-corrected chi connectivity index (χ0v) is 18.6. The number of ether oxygens (including phenoxy) is 1. The minimum atomic E-state index is 0.0569. The molecule has 0 radical (unpaired) electrons. The minimum absolute atomic E-state index is 0.0569. The van der Waals surface area contributed by atoms with Crippen molar-refractivity contribution in [2.45, 2.75) is 26.3 Å². The number of nitrogens with zero attached hydrogens (tertiary/aromatic N) is 5. The average molecular weight is 422 g/mol. The van der Waals surface area contributed by atoms with Gasteiger partial charge in [0, 0.05) is 44.9 Å². The third kappa shape index (κ3) is 4.62. The van der Waals surface area contributed by atoms with E-state index in [0.717, 1.165) is 54.9 Å². The van der Waals surface area contributed by atoms with E-state index >= 15 is 0 Å². The number of amides is 1. The van der Waals surface area contributed by atoms with Crippen molar-refractivity contribution in [2.24, 2.45) is 0 Å². The lowest BCUT2D eigenvalue weighted by Crippen LogP contribution is -2.36. The second-order valence-corrected chi connectivity index (χ2v) is 8.32. The molecule has 1 fully saturated rings. The fourth-order valence-corrected chi connectivity index (χ4v) is 4.12. The molecule has 1 aromatic carbocycles. The highest BCUT2D eigenvalue weighted by Crippen LogP contribution is 2.27. The van der Waals surface area contributed by atoms with Gasteiger partial charge < -0.3 is 9.64 Å². The Morgan fingerprint density at radius 3 is 2.68 bits per heavy atom. The summed E-state index contributed by atoms with van der Waals surface area (Å²) in [7, 11) is 1.73. The number of hydrogen-bond donors (Lipinski definition) is 0. The fraction of sp³-hybridized carbons (Fsp3) is 0.458. The zero-order chi connectivity index (χ0) is 21.8. The van der Waals surface area contributed by atoms with Crippen molar-refractivity contribution in [3.05, 3.63) is 48.2 Å². The van der Waals surface area contributed by atoms with Gasteiger partial charge in [0.2, 0.25) is 0 Å². The number of fused-ring (bicyclic) bond motifs is 1. The Kier molecular flexibility index (Phi) is 6.63. The summed E-state index contributed by atoms with van der Waals surface area (Å²) >= 11 is 0. The smallest absolute Gasteiger partial charge is 0.254 e. The fourth-order valence-electron chi connectivity index (χ4n) is 4.12. The number of carbonyl (C=O) groups is 1. The minimum Gasteiger partial charge on any atom is -0.383 e. The number of methoxy groups -OCH3 is 1. The van der Waals surface area contributed by atoms with E-state index in [1.807, 2.05) is 46.0 Å². The summed E-state index contributed by atoms with van der Waals surface area (Å²) in [6.45, 7) is 9.09. The van der Waals surface area contributed by atoms with Crippen molar-refractivity contribution in [2.75, 3.05) is 46.4 Å². The summed E-state index contributed by atoms with van der Waals surface area (Å²) in [4.78, 5) is 22.9. The van der Waals surface area contributed by atoms with E-state index in [1.165, 1.54) is 0 Å². The molecule has 2 aromatic heterocycles. The van der Waals surface area contributed by atoms with Crippen LogP contribution in [-0.4, -0.2) is 76.9 Å². The van der Waals surface area contributed by atoms with Gasteiger partial charge in [-0.15, -0.1) is 0 Å². The van der Waals surface area contributed by atoms with Crippen molar-refractivity contribution in [3.63, 3.8) is 0 Å². The van der Waals surface area contributed by atoms with Crippen LogP contribution in [-0.2, 0) is 4.74 Å². The average Bonchev–Trinajstić information content (AvgIpc) is 3.08. The Morgan fingerprint density at radius 1 is 1.13 bits per heavy atom. The molecule has 7 nitrogen and oxygen atoms in total. The summed E-state index contributed by atoms with van der Waals surface area (Å²) in [5, 5.41) is 5.36. The molecule has 3 aromatic rings. The molecule has 0 spiro atoms. The standard InChI is InChI=1S/C24H31N5O2/c1-18(2)29-23-21(17-25-29)20(16-22(26-23)19-8-5-4-6-9-19)24(30)28-11-7-10-27(12-13-28)14-15-31-3/h4-6,8-9,16-18H,7,10-15H2,1-3H3. The zero-order valence-electron chi connectivity index (χ0n) is 18.6. The van der Waals surface area contributed by atoms with Crippen LogP contribution in [0.15, 0.2) is 42.6 Å². The van der Waals surface area contributed by atoms with Gasteiger partial charge in [-0.25, -0.2) is 9.67 Å². The Labute approximate surface area is 183 Å². The molecule has 7 heteroatoms. The first kappa shape index (κ1) is 21.5. The van der Waals surface area contributed by atoms with Crippen LogP contribution in [0.4, 0.5) is 0 Å². The van der Waals surface area contributed by atoms with Gasteiger partial charge in [-0.1, -0.05) is 30.3 Å². The van der Waals surface area contributed by atoms with E-state index in [9.17, 15) is 4.79 Å². The first-order valence-corrected chi connectivity index (χ1v) is 11.0. The van der Waals surface area contributed by atoms with E-state index in [2.05, 4.69) is 23.8 Å². The SMILES string of the molecule is COCCN1CCCN(C(=O)c2cc(-c3ccccc3)nc3c2cnn3C(C)C)CC1. The van der Waals surface area contributed by atoms with Gasteiger partial charge in [-0.2, -0.15) is 5.10 Å². The molecule has 164 valence electrons. The molecule has 4 rings (SSSR count). The molecule has 0 saturated carbocycles. The highest BCUT2D eigenvalue weighted by molar-refractivity contribution is 6.06. The Hall–Kier alpha value is -2.77. The van der Waals surface area contributed by atoms with Gasteiger partial charge in [0.25, 0.3) is 5.91 Å². The first-order valence-electron chi connectivity index (χ1n) is 11.0. The summed E-state index contributed by atoms with van der Waals surface area (Å²) in [5.41, 5.74) is 3.24. The molecular weight excluding hydrogens is 390 g/mol. The van der Waals surface area contributed by atoms with Crippen LogP contribution in [0.1, 0.15) is 36.7 Å². The quantitative estimate of drug-likeness (QED) is 0.610. The summed E-state index contributed by atoms with van der Waals surface area (Å²) in [6.07, 6.45) is 2.74. The Bertz CT molecular complexity index is 1030. The molecule has 3 heterocycles. The summed E-state index contributed by atoms with van der Waals surface area (Å²) in [5.74, 6) is 0.0569. The van der Waals surface area contributed by atoms with Crippen LogP contribution in [0.3, 0.4) is 0 Å². The van der Waals surface area contributed by atoms with Gasteiger partial charge in [-0.3, -0.25) is 9.69 Å². The highest BCUT2D eigenvalue weighted by Gasteiger charge is 2.24. The van der Waals surface area contributed by atoms with Gasteiger partial charge in [-0.05, 0) is 32.9 Å². The lowest BCUT2D eigenvalue weighted by Gasteiger charge is -2.22. The van der Waals surface area contributed by atoms with Crippen molar-refractivity contribution >= 4 is 16.9 Å². The van der Waals surface area contributed by atoms with Crippen molar-refractivity contribution in [1.29, 1.82) is 0 Å². The van der Waals surface area contributed by atoms with Gasteiger partial charge in [0.15, 0.2) is 5.65 Å². The van der Waals surface area contributed by atoms with Gasteiger partial charge in [0.05, 0.1) is 29.4 Å². The summed E-state index contributed by atoms with van der Waals surface area (Å²) < 4.78 is 7.11.